The number of methoxy groups -OCH3 is 1. The van der Waals surface area contributed by atoms with Gasteiger partial charge in [-0.3, -0.25) is 0 Å². The number of ether oxygens (including phenoxy) is 1. The first-order valence-corrected chi connectivity index (χ1v) is 6.01. The summed E-state index contributed by atoms with van der Waals surface area (Å²) < 4.78 is 7.77. The van der Waals surface area contributed by atoms with Crippen LogP contribution < -0.4 is 4.74 Å². The van der Waals surface area contributed by atoms with E-state index in [1.807, 2.05) is 6.07 Å². The number of fused-ring (bicyclic) bond motifs is 1. The molecule has 1 aromatic carbocycles. The normalized spacial score (nSPS) is 10.7. The lowest BCUT2D eigenvalue weighted by Gasteiger charge is -2.01. The first kappa shape index (κ1) is 9.61. The van der Waals surface area contributed by atoms with Gasteiger partial charge in [-0.05, 0) is 40.8 Å². The third-order valence-electron chi connectivity index (χ3n) is 1.77. The monoisotopic (exact) mass is 322 g/mol. The van der Waals surface area contributed by atoms with Gasteiger partial charge < -0.3 is 4.74 Å². The Morgan fingerprint density at radius 1 is 1.38 bits per heavy atom. The Morgan fingerprint density at radius 3 is 2.85 bits per heavy atom. The summed E-state index contributed by atoms with van der Waals surface area (Å²) >= 11 is 8.39. The van der Waals surface area contributed by atoms with E-state index in [1.54, 1.807) is 18.4 Å². The summed E-state index contributed by atoms with van der Waals surface area (Å²) in [5.41, 5.74) is 0. The van der Waals surface area contributed by atoms with E-state index >= 15 is 0 Å². The van der Waals surface area contributed by atoms with E-state index in [1.165, 1.54) is 13.0 Å². The van der Waals surface area contributed by atoms with Crippen molar-refractivity contribution in [3.8, 4) is 5.75 Å². The smallest absolute Gasteiger partial charge is 0.128 e. The molecular weight excluding hydrogens is 315 g/mol. The van der Waals surface area contributed by atoms with Crippen molar-refractivity contribution in [2.45, 2.75) is 4.90 Å². The predicted octanol–water partition coefficient (Wildman–Crippen LogP) is 3.80. The van der Waals surface area contributed by atoms with Gasteiger partial charge >= 0.3 is 0 Å². The Kier molecular flexibility index (Phi) is 2.71. The van der Waals surface area contributed by atoms with Crippen LogP contribution in [-0.4, -0.2) is 7.11 Å². The maximum Gasteiger partial charge on any atom is 0.128 e. The molecule has 1 aromatic heterocycles. The van der Waals surface area contributed by atoms with Crippen molar-refractivity contribution >= 4 is 56.6 Å². The summed E-state index contributed by atoms with van der Waals surface area (Å²) in [6.07, 6.45) is 0. The van der Waals surface area contributed by atoms with Gasteiger partial charge in [-0.25, -0.2) is 0 Å². The van der Waals surface area contributed by atoms with Crippen LogP contribution in [0.3, 0.4) is 0 Å². The summed E-state index contributed by atoms with van der Waals surface area (Å²) in [5, 5.41) is 1.18. The molecule has 68 valence electrons. The van der Waals surface area contributed by atoms with Gasteiger partial charge in [0, 0.05) is 15.0 Å². The van der Waals surface area contributed by atoms with E-state index in [0.717, 1.165) is 10.6 Å². The van der Waals surface area contributed by atoms with Gasteiger partial charge in [-0.15, -0.1) is 24.0 Å². The van der Waals surface area contributed by atoms with Crippen LogP contribution in [0.1, 0.15) is 0 Å². The summed E-state index contributed by atoms with van der Waals surface area (Å²) in [6.45, 7) is 0. The summed E-state index contributed by atoms with van der Waals surface area (Å²) in [7, 11) is 1.69. The maximum absolute atomic E-state index is 5.28. The zero-order valence-corrected chi connectivity index (χ0v) is 10.7. The third-order valence-corrected chi connectivity index (χ3v) is 3.87. The quantitative estimate of drug-likeness (QED) is 0.621. The van der Waals surface area contributed by atoms with Gasteiger partial charge in [0.25, 0.3) is 0 Å². The van der Waals surface area contributed by atoms with Crippen molar-refractivity contribution in [2.75, 3.05) is 7.11 Å². The highest BCUT2D eigenvalue weighted by atomic mass is 127. The maximum atomic E-state index is 5.28. The zero-order valence-electron chi connectivity index (χ0n) is 6.87. The minimum absolute atomic E-state index is 0.904. The number of thiol groups is 1. The molecule has 1 heterocycles. The molecule has 0 bridgehead atoms. The van der Waals surface area contributed by atoms with Gasteiger partial charge in [0.15, 0.2) is 0 Å². The van der Waals surface area contributed by atoms with Crippen LogP contribution in [0.2, 0.25) is 0 Å². The summed E-state index contributed by atoms with van der Waals surface area (Å²) in [5.74, 6) is 0.904. The Hall–Kier alpha value is 0.0600. The summed E-state index contributed by atoms with van der Waals surface area (Å²) in [4.78, 5) is 0.947. The Balaban J connectivity index is 2.80. The molecule has 0 saturated heterocycles. The lowest BCUT2D eigenvalue weighted by molar-refractivity contribution is 0.419. The number of rotatable bonds is 1. The third kappa shape index (κ3) is 1.80. The highest BCUT2D eigenvalue weighted by molar-refractivity contribution is 14.1. The molecule has 13 heavy (non-hydrogen) atoms. The molecule has 0 fully saturated rings. The highest BCUT2D eigenvalue weighted by Gasteiger charge is 2.06. The topological polar surface area (TPSA) is 9.23 Å². The number of hydrogen-bond donors (Lipinski definition) is 1. The van der Waals surface area contributed by atoms with Crippen molar-refractivity contribution in [1.29, 1.82) is 0 Å². The van der Waals surface area contributed by atoms with Crippen molar-refractivity contribution < 1.29 is 4.74 Å². The van der Waals surface area contributed by atoms with Crippen LogP contribution >= 0.6 is 46.6 Å². The molecule has 1 nitrogen and oxygen atoms in total. The number of benzene rings is 1. The van der Waals surface area contributed by atoms with Crippen LogP contribution in [0, 0.1) is 2.88 Å². The average Bonchev–Trinajstić information content (AvgIpc) is 2.43. The van der Waals surface area contributed by atoms with Gasteiger partial charge in [-0.2, -0.15) is 0 Å². The van der Waals surface area contributed by atoms with Crippen molar-refractivity contribution in [1.82, 2.24) is 0 Å². The van der Waals surface area contributed by atoms with Gasteiger partial charge in [0.2, 0.25) is 0 Å². The summed E-state index contributed by atoms with van der Waals surface area (Å²) in [6, 6.07) is 6.13. The fourth-order valence-electron chi connectivity index (χ4n) is 1.23. The number of halogens is 1. The van der Waals surface area contributed by atoms with E-state index < -0.39 is 0 Å². The van der Waals surface area contributed by atoms with Crippen LogP contribution in [0.5, 0.6) is 5.75 Å². The van der Waals surface area contributed by atoms with E-state index in [0.29, 0.717) is 0 Å². The van der Waals surface area contributed by atoms with E-state index in [4.69, 9.17) is 4.74 Å². The number of thiophene rings is 1. The van der Waals surface area contributed by atoms with Crippen molar-refractivity contribution in [2.24, 2.45) is 0 Å². The zero-order chi connectivity index (χ0) is 9.42. The molecule has 0 N–H and O–H groups in total. The molecule has 0 saturated carbocycles. The molecule has 2 aromatic rings. The van der Waals surface area contributed by atoms with Gasteiger partial charge in [0.1, 0.15) is 5.75 Å². The molecule has 4 heteroatoms. The Morgan fingerprint density at radius 2 is 2.15 bits per heavy atom. The van der Waals surface area contributed by atoms with Crippen LogP contribution in [0.15, 0.2) is 23.1 Å². The molecule has 0 atom stereocenters. The second kappa shape index (κ2) is 3.67. The van der Waals surface area contributed by atoms with Gasteiger partial charge in [0.05, 0.1) is 9.99 Å². The van der Waals surface area contributed by atoms with E-state index in [2.05, 4.69) is 47.4 Å². The molecular formula is C9H7IOS2. The minimum Gasteiger partial charge on any atom is -0.496 e. The van der Waals surface area contributed by atoms with Crippen LogP contribution in [-0.2, 0) is 0 Å². The molecule has 0 spiro atoms. The predicted molar refractivity (Wildman–Crippen MR) is 68.3 cm³/mol. The molecule has 0 aliphatic heterocycles. The first-order chi connectivity index (χ1) is 6.20. The molecule has 0 amide bonds. The average molecular weight is 322 g/mol. The lowest BCUT2D eigenvalue weighted by Crippen LogP contribution is -1.82. The highest BCUT2D eigenvalue weighted by Crippen LogP contribution is 2.35. The molecule has 0 radical (unpaired) electrons. The second-order valence-electron chi connectivity index (χ2n) is 2.61. The second-order valence-corrected chi connectivity index (χ2v) is 6.10. The Labute approximate surface area is 99.6 Å². The SMILES string of the molecule is COc1cc(S)cc2sc(I)cc12. The van der Waals surface area contributed by atoms with Crippen LogP contribution in [0.25, 0.3) is 10.1 Å². The van der Waals surface area contributed by atoms with E-state index in [-0.39, 0.29) is 0 Å². The Bertz CT molecular complexity index is 450. The molecule has 0 aliphatic rings. The first-order valence-electron chi connectivity index (χ1n) is 3.67. The van der Waals surface area contributed by atoms with Gasteiger partial charge in [-0.1, -0.05) is 0 Å². The minimum atomic E-state index is 0.904. The van der Waals surface area contributed by atoms with Crippen molar-refractivity contribution in [3.63, 3.8) is 0 Å². The molecule has 2 rings (SSSR count). The fourth-order valence-corrected chi connectivity index (χ4v) is 3.43. The fraction of sp³-hybridized carbons (Fsp3) is 0.111. The van der Waals surface area contributed by atoms with Crippen LogP contribution in [0.4, 0.5) is 0 Å². The number of hydrogen-bond acceptors (Lipinski definition) is 3. The molecule has 0 aliphatic carbocycles. The van der Waals surface area contributed by atoms with Crippen molar-refractivity contribution in [3.05, 3.63) is 21.1 Å². The molecule has 0 unspecified atom stereocenters. The lowest BCUT2D eigenvalue weighted by atomic mass is 10.2. The standard InChI is InChI=1S/C9H7IOS2/c1-11-7-2-5(12)3-8-6(7)4-9(10)13-8/h2-4,12H,1H3. The van der Waals surface area contributed by atoms with E-state index in [9.17, 15) is 0 Å². The largest absolute Gasteiger partial charge is 0.496 e.